The zero-order chi connectivity index (χ0) is 18.9. The van der Waals surface area contributed by atoms with Crippen LogP contribution in [0.2, 0.25) is 0 Å². The summed E-state index contributed by atoms with van der Waals surface area (Å²) < 4.78 is 5.84. The molecule has 136 valence electrons. The predicted molar refractivity (Wildman–Crippen MR) is 95.5 cm³/mol. The van der Waals surface area contributed by atoms with Crippen LogP contribution in [0.4, 0.5) is 0 Å². The summed E-state index contributed by atoms with van der Waals surface area (Å²) >= 11 is 3.34. The number of furan rings is 1. The standard InChI is InChI=1S/C18H17BrN2O5/c19-13-5-1-4-12(10-13)11-14(17(24)20-8-2-7-16(22)23)21-18(25)15-6-3-9-26-15/h1,3-6,9-11H,2,7-8H2,(H,20,24)(H,21,25)(H,22,23)/p-1/b14-11-. The highest BCUT2D eigenvalue weighted by atomic mass is 79.9. The van der Waals surface area contributed by atoms with Gasteiger partial charge in [0.1, 0.15) is 5.70 Å². The molecule has 0 aliphatic carbocycles. The SMILES string of the molecule is O=C([O-])CCCNC(=O)/C(=C/c1cccc(Br)c1)NC(=O)c1ccco1. The van der Waals surface area contributed by atoms with Crippen LogP contribution in [0.25, 0.3) is 6.08 Å². The fourth-order valence-electron chi connectivity index (χ4n) is 2.04. The number of hydrogen-bond donors (Lipinski definition) is 2. The second-order valence-electron chi connectivity index (χ2n) is 5.28. The fraction of sp³-hybridized carbons (Fsp3) is 0.167. The van der Waals surface area contributed by atoms with Gasteiger partial charge in [0.2, 0.25) is 0 Å². The molecule has 2 N–H and O–H groups in total. The van der Waals surface area contributed by atoms with E-state index in [-0.39, 0.29) is 30.8 Å². The Kier molecular flexibility index (Phi) is 7.16. The van der Waals surface area contributed by atoms with Crippen LogP contribution >= 0.6 is 15.9 Å². The van der Waals surface area contributed by atoms with E-state index in [1.165, 1.54) is 18.4 Å². The summed E-state index contributed by atoms with van der Waals surface area (Å²) in [7, 11) is 0. The van der Waals surface area contributed by atoms with Gasteiger partial charge in [0.05, 0.1) is 6.26 Å². The molecular formula is C18H16BrN2O5-. The molecular weight excluding hydrogens is 404 g/mol. The molecule has 0 aliphatic heterocycles. The summed E-state index contributed by atoms with van der Waals surface area (Å²) in [6, 6.07) is 10.2. The number of aliphatic carboxylic acids is 1. The Morgan fingerprint density at radius 2 is 2.00 bits per heavy atom. The monoisotopic (exact) mass is 419 g/mol. The second-order valence-corrected chi connectivity index (χ2v) is 6.19. The number of hydrogen-bond acceptors (Lipinski definition) is 5. The van der Waals surface area contributed by atoms with Gasteiger partial charge in [0, 0.05) is 17.0 Å². The number of carbonyl (C=O) groups is 3. The quantitative estimate of drug-likeness (QED) is 0.496. The molecule has 0 spiro atoms. The van der Waals surface area contributed by atoms with Crippen LogP contribution in [0.15, 0.2) is 57.2 Å². The molecule has 2 amide bonds. The molecule has 0 fully saturated rings. The van der Waals surface area contributed by atoms with E-state index in [1.54, 1.807) is 24.3 Å². The number of rotatable bonds is 8. The van der Waals surface area contributed by atoms with Gasteiger partial charge in [-0.15, -0.1) is 0 Å². The highest BCUT2D eigenvalue weighted by Gasteiger charge is 2.16. The van der Waals surface area contributed by atoms with Gasteiger partial charge in [-0.1, -0.05) is 28.1 Å². The van der Waals surface area contributed by atoms with Gasteiger partial charge in [0.15, 0.2) is 5.76 Å². The third kappa shape index (κ3) is 6.21. The lowest BCUT2D eigenvalue weighted by Crippen LogP contribution is -2.35. The number of carboxylic acids is 1. The summed E-state index contributed by atoms with van der Waals surface area (Å²) in [5, 5.41) is 15.5. The maximum atomic E-state index is 12.4. The largest absolute Gasteiger partial charge is 0.550 e. The van der Waals surface area contributed by atoms with E-state index in [0.717, 1.165) is 4.47 Å². The van der Waals surface area contributed by atoms with Gasteiger partial charge in [-0.05, 0) is 48.7 Å². The Morgan fingerprint density at radius 1 is 1.19 bits per heavy atom. The molecule has 0 saturated heterocycles. The maximum Gasteiger partial charge on any atom is 0.291 e. The third-order valence-corrected chi connectivity index (χ3v) is 3.73. The first-order chi connectivity index (χ1) is 12.5. The first kappa shape index (κ1) is 19.5. The number of benzene rings is 1. The molecule has 0 unspecified atom stereocenters. The molecule has 1 aromatic carbocycles. The summed E-state index contributed by atoms with van der Waals surface area (Å²) in [5.74, 6) is -2.23. The van der Waals surface area contributed by atoms with Crippen molar-refractivity contribution in [2.45, 2.75) is 12.8 Å². The lowest BCUT2D eigenvalue weighted by molar-refractivity contribution is -0.305. The zero-order valence-electron chi connectivity index (χ0n) is 13.7. The Balaban J connectivity index is 2.13. The van der Waals surface area contributed by atoms with Crippen LogP contribution in [-0.2, 0) is 9.59 Å². The van der Waals surface area contributed by atoms with Crippen LogP contribution in [0.1, 0.15) is 29.0 Å². The van der Waals surface area contributed by atoms with Gasteiger partial charge < -0.3 is 25.0 Å². The molecule has 0 atom stereocenters. The van der Waals surface area contributed by atoms with Gasteiger partial charge in [-0.3, -0.25) is 9.59 Å². The Bertz CT molecular complexity index is 815. The van der Waals surface area contributed by atoms with Crippen molar-refractivity contribution in [3.05, 3.63) is 64.2 Å². The minimum absolute atomic E-state index is 0.0120. The second kappa shape index (κ2) is 9.57. The summed E-state index contributed by atoms with van der Waals surface area (Å²) in [5.41, 5.74) is 0.706. The van der Waals surface area contributed by atoms with E-state index in [9.17, 15) is 19.5 Å². The zero-order valence-corrected chi connectivity index (χ0v) is 15.2. The van der Waals surface area contributed by atoms with Crippen molar-refractivity contribution in [1.29, 1.82) is 0 Å². The normalized spacial score (nSPS) is 11.0. The van der Waals surface area contributed by atoms with Crippen molar-refractivity contribution < 1.29 is 23.9 Å². The average Bonchev–Trinajstić information content (AvgIpc) is 3.12. The van der Waals surface area contributed by atoms with Crippen LogP contribution in [0.5, 0.6) is 0 Å². The van der Waals surface area contributed by atoms with Crippen LogP contribution in [0.3, 0.4) is 0 Å². The van der Waals surface area contributed by atoms with E-state index in [0.29, 0.717) is 5.56 Å². The van der Waals surface area contributed by atoms with E-state index >= 15 is 0 Å². The average molecular weight is 420 g/mol. The number of nitrogens with one attached hydrogen (secondary N) is 2. The number of amides is 2. The molecule has 0 bridgehead atoms. The van der Waals surface area contributed by atoms with Crippen molar-refractivity contribution in [3.8, 4) is 0 Å². The van der Waals surface area contributed by atoms with Crippen LogP contribution < -0.4 is 15.7 Å². The molecule has 8 heteroatoms. The molecule has 0 saturated carbocycles. The van der Waals surface area contributed by atoms with Gasteiger partial charge in [0.25, 0.3) is 11.8 Å². The first-order valence-electron chi connectivity index (χ1n) is 7.76. The molecule has 1 aromatic heterocycles. The predicted octanol–water partition coefficient (Wildman–Crippen LogP) is 1.46. The van der Waals surface area contributed by atoms with E-state index < -0.39 is 17.8 Å². The highest BCUT2D eigenvalue weighted by molar-refractivity contribution is 9.10. The van der Waals surface area contributed by atoms with Crippen molar-refractivity contribution >= 4 is 39.8 Å². The lowest BCUT2D eigenvalue weighted by atomic mass is 10.2. The minimum Gasteiger partial charge on any atom is -0.550 e. The smallest absolute Gasteiger partial charge is 0.291 e. The van der Waals surface area contributed by atoms with E-state index in [1.807, 2.05) is 6.07 Å². The molecule has 2 aromatic rings. The van der Waals surface area contributed by atoms with E-state index in [2.05, 4.69) is 26.6 Å². The molecule has 0 aliphatic rings. The van der Waals surface area contributed by atoms with Crippen molar-refractivity contribution in [1.82, 2.24) is 10.6 Å². The number of halogens is 1. The fourth-order valence-corrected chi connectivity index (χ4v) is 2.46. The maximum absolute atomic E-state index is 12.4. The van der Waals surface area contributed by atoms with Crippen molar-refractivity contribution in [3.63, 3.8) is 0 Å². The molecule has 7 nitrogen and oxygen atoms in total. The number of carbonyl (C=O) groups excluding carboxylic acids is 3. The molecule has 26 heavy (non-hydrogen) atoms. The Morgan fingerprint density at radius 3 is 2.65 bits per heavy atom. The van der Waals surface area contributed by atoms with Crippen molar-refractivity contribution in [2.24, 2.45) is 0 Å². The summed E-state index contributed by atoms with van der Waals surface area (Å²) in [6.45, 7) is 0.138. The van der Waals surface area contributed by atoms with Gasteiger partial charge >= 0.3 is 0 Å². The number of carboxylic acid groups (broad SMARTS) is 1. The van der Waals surface area contributed by atoms with Crippen molar-refractivity contribution in [2.75, 3.05) is 6.54 Å². The molecule has 1 heterocycles. The lowest BCUT2D eigenvalue weighted by Gasteiger charge is -2.10. The van der Waals surface area contributed by atoms with Crippen LogP contribution in [0, 0.1) is 0 Å². The van der Waals surface area contributed by atoms with E-state index in [4.69, 9.17) is 4.42 Å². The van der Waals surface area contributed by atoms with Gasteiger partial charge in [-0.2, -0.15) is 0 Å². The Hall–Kier alpha value is -2.87. The molecule has 2 rings (SSSR count). The Labute approximate surface area is 158 Å². The summed E-state index contributed by atoms with van der Waals surface area (Å²) in [4.78, 5) is 35.0. The first-order valence-corrected chi connectivity index (χ1v) is 8.55. The summed E-state index contributed by atoms with van der Waals surface area (Å²) in [6.07, 6.45) is 2.93. The topological polar surface area (TPSA) is 111 Å². The molecule has 0 radical (unpaired) electrons. The highest BCUT2D eigenvalue weighted by Crippen LogP contribution is 2.14. The minimum atomic E-state index is -1.18. The van der Waals surface area contributed by atoms with Gasteiger partial charge in [-0.25, -0.2) is 0 Å². The third-order valence-electron chi connectivity index (χ3n) is 3.24. The van der Waals surface area contributed by atoms with Crippen LogP contribution in [-0.4, -0.2) is 24.3 Å².